The number of nitrogens with zero attached hydrogens (tertiary/aromatic N) is 2. The number of pyridine rings is 1. The number of benzene rings is 1. The van der Waals surface area contributed by atoms with Gasteiger partial charge < -0.3 is 20.2 Å². The largest absolute Gasteiger partial charge is 0.508 e. The second-order valence-corrected chi connectivity index (χ2v) is 10.0. The van der Waals surface area contributed by atoms with Crippen molar-refractivity contribution in [2.24, 2.45) is 0 Å². The van der Waals surface area contributed by atoms with E-state index in [2.05, 4.69) is 10.3 Å². The van der Waals surface area contributed by atoms with Gasteiger partial charge >= 0.3 is 0 Å². The highest BCUT2D eigenvalue weighted by atomic mass is 32.2. The summed E-state index contributed by atoms with van der Waals surface area (Å²) in [6, 6.07) is 10.5. The van der Waals surface area contributed by atoms with Crippen molar-refractivity contribution in [1.29, 1.82) is 5.41 Å². The maximum absolute atomic E-state index is 13.2. The molecule has 3 heterocycles. The lowest BCUT2D eigenvalue weighted by Gasteiger charge is -2.20. The van der Waals surface area contributed by atoms with Crippen LogP contribution in [0.3, 0.4) is 0 Å². The Balaban J connectivity index is 1.60. The summed E-state index contributed by atoms with van der Waals surface area (Å²) in [4.78, 5) is 17.2. The van der Waals surface area contributed by atoms with Crippen molar-refractivity contribution < 1.29 is 22.7 Å². The zero-order valence-corrected chi connectivity index (χ0v) is 19.5. The Bertz CT molecular complexity index is 1300. The van der Waals surface area contributed by atoms with Crippen LogP contribution in [0.15, 0.2) is 64.4 Å². The van der Waals surface area contributed by atoms with Gasteiger partial charge in [-0.1, -0.05) is 24.3 Å². The predicted molar refractivity (Wildman–Crippen MR) is 125 cm³/mol. The van der Waals surface area contributed by atoms with Gasteiger partial charge in [0.25, 0.3) is 15.9 Å². The number of carbonyl (C=O) groups excluding carboxylic acids is 1. The molecule has 3 aromatic rings. The Morgan fingerprint density at radius 1 is 1.24 bits per heavy atom. The van der Waals surface area contributed by atoms with E-state index in [-0.39, 0.29) is 34.3 Å². The van der Waals surface area contributed by atoms with Gasteiger partial charge in [0, 0.05) is 54.8 Å². The topological polar surface area (TPSA) is 137 Å². The van der Waals surface area contributed by atoms with Crippen LogP contribution in [0.2, 0.25) is 0 Å². The van der Waals surface area contributed by atoms with Crippen LogP contribution in [0.1, 0.15) is 52.5 Å². The number of sulfonamides is 1. The molecule has 0 aliphatic carbocycles. The number of hydrogen-bond acceptors (Lipinski definition) is 7. The quantitative estimate of drug-likeness (QED) is 0.421. The van der Waals surface area contributed by atoms with Crippen LogP contribution in [-0.4, -0.2) is 47.5 Å². The fourth-order valence-electron chi connectivity index (χ4n) is 3.98. The van der Waals surface area contributed by atoms with Crippen molar-refractivity contribution >= 4 is 21.6 Å². The molecule has 4 rings (SSSR count). The van der Waals surface area contributed by atoms with Crippen LogP contribution in [-0.2, 0) is 10.0 Å². The first-order valence-corrected chi connectivity index (χ1v) is 12.4. The Kier molecular flexibility index (Phi) is 6.80. The molecule has 2 aromatic heterocycles. The molecular formula is C24H26N4O5S. The maximum Gasteiger partial charge on any atom is 0.276 e. The first-order valence-electron chi connectivity index (χ1n) is 10.9. The number of phenolic OH excluding ortho intramolecular Hbond substituents is 1. The lowest BCUT2D eigenvalue weighted by molar-refractivity contribution is 0.0936. The minimum absolute atomic E-state index is 0.0204. The standard InChI is InChI=1S/C24H26N4O5S/c1-16-19(13-23(33-16)34(31,32)28-11-4-5-12-28)24(30)27-21(18-8-2-3-9-22(18)29)14-20(25)17-7-6-10-26-15-17/h2-3,6-10,13,15,21,25,29H,4-5,11-12,14H2,1H3,(H,27,30). The van der Waals surface area contributed by atoms with E-state index in [0.717, 1.165) is 12.8 Å². The highest BCUT2D eigenvalue weighted by molar-refractivity contribution is 7.89. The van der Waals surface area contributed by atoms with E-state index in [0.29, 0.717) is 24.2 Å². The molecule has 1 fully saturated rings. The van der Waals surface area contributed by atoms with E-state index in [1.54, 1.807) is 42.7 Å². The number of aryl methyl sites for hydroxylation is 1. The van der Waals surface area contributed by atoms with E-state index in [1.165, 1.54) is 23.4 Å². The third-order valence-corrected chi connectivity index (χ3v) is 7.59. The van der Waals surface area contributed by atoms with Crippen molar-refractivity contribution in [2.45, 2.75) is 37.3 Å². The molecule has 1 aliphatic heterocycles. The summed E-state index contributed by atoms with van der Waals surface area (Å²) in [5.41, 5.74) is 1.35. The van der Waals surface area contributed by atoms with Gasteiger partial charge in [0.05, 0.1) is 11.6 Å². The van der Waals surface area contributed by atoms with Gasteiger partial charge in [-0.05, 0) is 31.9 Å². The Morgan fingerprint density at radius 2 is 1.97 bits per heavy atom. The number of nitrogens with one attached hydrogen (secondary N) is 2. The van der Waals surface area contributed by atoms with Crippen molar-refractivity contribution in [3.8, 4) is 5.75 Å². The van der Waals surface area contributed by atoms with E-state index >= 15 is 0 Å². The van der Waals surface area contributed by atoms with E-state index in [4.69, 9.17) is 9.83 Å². The summed E-state index contributed by atoms with van der Waals surface area (Å²) in [5.74, 6) is -0.405. The van der Waals surface area contributed by atoms with Crippen LogP contribution >= 0.6 is 0 Å². The van der Waals surface area contributed by atoms with Gasteiger partial charge in [-0.25, -0.2) is 8.42 Å². The molecule has 178 valence electrons. The summed E-state index contributed by atoms with van der Waals surface area (Å²) < 4.78 is 32.5. The lowest BCUT2D eigenvalue weighted by Crippen LogP contribution is -2.30. The molecule has 0 radical (unpaired) electrons. The number of para-hydroxylation sites is 1. The fraction of sp³-hybridized carbons (Fsp3) is 0.292. The molecule has 10 heteroatoms. The zero-order valence-electron chi connectivity index (χ0n) is 18.7. The number of aromatic hydroxyl groups is 1. The summed E-state index contributed by atoms with van der Waals surface area (Å²) in [7, 11) is -3.81. The van der Waals surface area contributed by atoms with Crippen molar-refractivity contribution in [2.75, 3.05) is 13.1 Å². The number of rotatable bonds is 8. The highest BCUT2D eigenvalue weighted by Crippen LogP contribution is 2.29. The number of carbonyl (C=O) groups is 1. The average Bonchev–Trinajstić information content (AvgIpc) is 3.50. The smallest absolute Gasteiger partial charge is 0.276 e. The van der Waals surface area contributed by atoms with Gasteiger partial charge in [-0.2, -0.15) is 4.31 Å². The Hall–Kier alpha value is -3.50. The van der Waals surface area contributed by atoms with Gasteiger partial charge in [-0.3, -0.25) is 9.78 Å². The van der Waals surface area contributed by atoms with Crippen LogP contribution in [0.4, 0.5) is 0 Å². The molecule has 1 unspecified atom stereocenters. The number of amides is 1. The van der Waals surface area contributed by atoms with Gasteiger partial charge in [0.1, 0.15) is 11.5 Å². The predicted octanol–water partition coefficient (Wildman–Crippen LogP) is 3.40. The number of hydrogen-bond donors (Lipinski definition) is 3. The van der Waals surface area contributed by atoms with Crippen LogP contribution in [0, 0.1) is 12.3 Å². The molecule has 9 nitrogen and oxygen atoms in total. The highest BCUT2D eigenvalue weighted by Gasteiger charge is 2.32. The number of phenols is 1. The summed E-state index contributed by atoms with van der Waals surface area (Å²) in [6.45, 7) is 2.38. The minimum Gasteiger partial charge on any atom is -0.508 e. The van der Waals surface area contributed by atoms with Gasteiger partial charge in [-0.15, -0.1) is 0 Å². The molecule has 0 bridgehead atoms. The summed E-state index contributed by atoms with van der Waals surface area (Å²) in [6.07, 6.45) is 4.83. The minimum atomic E-state index is -3.81. The molecule has 1 aliphatic rings. The zero-order chi connectivity index (χ0) is 24.3. The second kappa shape index (κ2) is 9.78. The second-order valence-electron chi connectivity index (χ2n) is 8.16. The third kappa shape index (κ3) is 4.87. The normalized spacial score (nSPS) is 15.2. The third-order valence-electron chi connectivity index (χ3n) is 5.83. The molecule has 1 atom stereocenters. The molecule has 3 N–H and O–H groups in total. The first kappa shape index (κ1) is 23.7. The van der Waals surface area contributed by atoms with Crippen molar-refractivity contribution in [1.82, 2.24) is 14.6 Å². The molecule has 0 saturated carbocycles. The van der Waals surface area contributed by atoms with E-state index in [9.17, 15) is 18.3 Å². The lowest BCUT2D eigenvalue weighted by atomic mass is 9.97. The molecular weight excluding hydrogens is 456 g/mol. The average molecular weight is 483 g/mol. The fourth-order valence-corrected chi connectivity index (χ4v) is 5.47. The van der Waals surface area contributed by atoms with Crippen LogP contribution in [0.5, 0.6) is 5.75 Å². The molecule has 0 spiro atoms. The number of furan rings is 1. The van der Waals surface area contributed by atoms with Gasteiger partial charge in [0.2, 0.25) is 5.09 Å². The molecule has 1 aromatic carbocycles. The number of aromatic nitrogens is 1. The SMILES string of the molecule is Cc1oc(S(=O)(=O)N2CCCC2)cc1C(=O)NC(CC(=N)c1cccnc1)c1ccccc1O. The molecule has 1 saturated heterocycles. The maximum atomic E-state index is 13.2. The van der Waals surface area contributed by atoms with Crippen molar-refractivity contribution in [3.05, 3.63) is 77.3 Å². The monoisotopic (exact) mass is 482 g/mol. The van der Waals surface area contributed by atoms with E-state index in [1.807, 2.05) is 0 Å². The summed E-state index contributed by atoms with van der Waals surface area (Å²) >= 11 is 0. The Labute approximate surface area is 198 Å². The Morgan fingerprint density at radius 3 is 2.65 bits per heavy atom. The first-order chi connectivity index (χ1) is 16.3. The van der Waals surface area contributed by atoms with E-state index < -0.39 is 22.0 Å². The van der Waals surface area contributed by atoms with Crippen molar-refractivity contribution in [3.63, 3.8) is 0 Å². The molecule has 1 amide bonds. The van der Waals surface area contributed by atoms with Gasteiger partial charge in [0.15, 0.2) is 0 Å². The van der Waals surface area contributed by atoms with Crippen LogP contribution < -0.4 is 5.32 Å². The van der Waals surface area contributed by atoms with Crippen LogP contribution in [0.25, 0.3) is 0 Å². The molecule has 34 heavy (non-hydrogen) atoms. The summed E-state index contributed by atoms with van der Waals surface area (Å²) in [5, 5.41) is 21.4.